The monoisotopic (exact) mass is 473 g/mol. The first-order valence-electron chi connectivity index (χ1n) is 10.2. The lowest BCUT2D eigenvalue weighted by atomic mass is 10.2. The van der Waals surface area contributed by atoms with Crippen LogP contribution in [-0.2, 0) is 16.4 Å². The van der Waals surface area contributed by atoms with Crippen LogP contribution in [0.5, 0.6) is 0 Å². The number of aromatic nitrogens is 3. The largest absolute Gasteiger partial charge is 0.322 e. The van der Waals surface area contributed by atoms with Crippen LogP contribution in [0.2, 0.25) is 5.02 Å². The van der Waals surface area contributed by atoms with Crippen LogP contribution in [0.25, 0.3) is 0 Å². The summed E-state index contributed by atoms with van der Waals surface area (Å²) < 4.78 is 26.2. The van der Waals surface area contributed by atoms with Crippen molar-refractivity contribution in [1.29, 1.82) is 0 Å². The average molecular weight is 474 g/mol. The molecule has 0 unspecified atom stereocenters. The average Bonchev–Trinajstić information content (AvgIpc) is 3.36. The van der Waals surface area contributed by atoms with Crippen molar-refractivity contribution >= 4 is 33.2 Å². The van der Waals surface area contributed by atoms with Crippen molar-refractivity contribution in [2.24, 2.45) is 0 Å². The van der Waals surface area contributed by atoms with Gasteiger partial charge in [0.1, 0.15) is 5.82 Å². The van der Waals surface area contributed by atoms with Gasteiger partial charge in [0.25, 0.3) is 0 Å². The summed E-state index contributed by atoms with van der Waals surface area (Å²) in [4.78, 5) is 14.9. The molecule has 1 aliphatic heterocycles. The van der Waals surface area contributed by atoms with Crippen LogP contribution in [0, 0.1) is 6.92 Å². The molecule has 2 heterocycles. The van der Waals surface area contributed by atoms with Gasteiger partial charge in [-0.05, 0) is 49.6 Å². The highest BCUT2D eigenvalue weighted by molar-refractivity contribution is 7.90. The minimum absolute atomic E-state index is 0.0887. The molecular weight excluding hydrogens is 450 g/mol. The van der Waals surface area contributed by atoms with Gasteiger partial charge in [-0.3, -0.25) is 0 Å². The zero-order chi connectivity index (χ0) is 22.9. The second-order valence-corrected chi connectivity index (χ2v) is 10.3. The molecule has 32 heavy (non-hydrogen) atoms. The third-order valence-electron chi connectivity index (χ3n) is 5.56. The van der Waals surface area contributed by atoms with Crippen LogP contribution in [0.15, 0.2) is 53.4 Å². The highest BCUT2D eigenvalue weighted by Crippen LogP contribution is 2.33. The number of para-hydroxylation sites is 1. The number of amides is 2. The van der Waals surface area contributed by atoms with Crippen LogP contribution in [0.1, 0.15) is 36.1 Å². The zero-order valence-electron chi connectivity index (χ0n) is 17.8. The lowest BCUT2D eigenvalue weighted by molar-refractivity contribution is 0.203. The minimum Gasteiger partial charge on any atom is -0.314 e. The molecular formula is C22H24ClN5O3S. The second kappa shape index (κ2) is 8.91. The number of anilines is 1. The lowest BCUT2D eigenvalue weighted by Crippen LogP contribution is -2.36. The van der Waals surface area contributed by atoms with Crippen molar-refractivity contribution in [2.45, 2.75) is 37.2 Å². The number of sulfone groups is 1. The highest BCUT2D eigenvalue weighted by Gasteiger charge is 2.34. The minimum atomic E-state index is -3.48. The van der Waals surface area contributed by atoms with Crippen molar-refractivity contribution in [2.75, 3.05) is 18.1 Å². The number of rotatable bonds is 5. The number of halogens is 1. The van der Waals surface area contributed by atoms with Crippen LogP contribution < -0.4 is 5.32 Å². The number of nitrogens with one attached hydrogen (secondary N) is 1. The quantitative estimate of drug-likeness (QED) is 0.602. The smallest absolute Gasteiger partial charge is 0.314 e. The molecule has 0 saturated carbocycles. The van der Waals surface area contributed by atoms with Gasteiger partial charge in [0.05, 0.1) is 23.2 Å². The third-order valence-corrected chi connectivity index (χ3v) is 6.97. The van der Waals surface area contributed by atoms with E-state index in [4.69, 9.17) is 11.6 Å². The van der Waals surface area contributed by atoms with Gasteiger partial charge < -0.3 is 14.8 Å². The molecule has 0 spiro atoms. The number of carbonyl (C=O) groups is 1. The number of carbonyl (C=O) groups excluding carboxylic acids is 1. The van der Waals surface area contributed by atoms with Crippen molar-refractivity contribution in [1.82, 2.24) is 19.7 Å². The maximum atomic E-state index is 13.1. The number of urea groups is 1. The van der Waals surface area contributed by atoms with Gasteiger partial charge in [0.15, 0.2) is 15.7 Å². The van der Waals surface area contributed by atoms with Gasteiger partial charge in [0.2, 0.25) is 0 Å². The molecule has 2 amide bonds. The summed E-state index contributed by atoms with van der Waals surface area (Å²) in [6, 6.07) is 13.4. The number of hydrogen-bond acceptors (Lipinski definition) is 5. The Hall–Kier alpha value is -2.91. The Morgan fingerprint density at radius 3 is 2.59 bits per heavy atom. The standard InChI is InChI=1S/C22H24ClN5O3S/c1-15-25-26-21(28(15)14-16-9-11-17(23)12-10-16)19-7-5-13-27(19)22(29)24-18-6-3-4-8-20(18)32(2,30)31/h3-4,6,8-12,19H,5,7,13-14H2,1-2H3,(H,24,29)/t19-/m1/s1. The van der Waals surface area contributed by atoms with E-state index in [-0.39, 0.29) is 22.7 Å². The summed E-state index contributed by atoms with van der Waals surface area (Å²) in [5, 5.41) is 12.1. The lowest BCUT2D eigenvalue weighted by Gasteiger charge is -2.25. The number of likely N-dealkylation sites (tertiary alicyclic amines) is 1. The van der Waals surface area contributed by atoms with E-state index in [1.807, 2.05) is 35.8 Å². The van der Waals surface area contributed by atoms with Gasteiger partial charge in [0, 0.05) is 17.8 Å². The first kappa shape index (κ1) is 22.3. The fraction of sp³-hybridized carbons (Fsp3) is 0.318. The summed E-state index contributed by atoms with van der Waals surface area (Å²) in [5.74, 6) is 1.46. The molecule has 0 bridgehead atoms. The van der Waals surface area contributed by atoms with Crippen molar-refractivity contribution in [3.05, 3.63) is 70.8 Å². The normalized spacial score (nSPS) is 16.3. The van der Waals surface area contributed by atoms with Gasteiger partial charge in [-0.25, -0.2) is 13.2 Å². The summed E-state index contributed by atoms with van der Waals surface area (Å²) in [6.07, 6.45) is 2.69. The van der Waals surface area contributed by atoms with Crippen molar-refractivity contribution in [3.8, 4) is 0 Å². The van der Waals surface area contributed by atoms with Crippen LogP contribution >= 0.6 is 11.6 Å². The zero-order valence-corrected chi connectivity index (χ0v) is 19.4. The topological polar surface area (TPSA) is 97.2 Å². The maximum Gasteiger partial charge on any atom is 0.322 e. The number of aryl methyl sites for hydroxylation is 1. The molecule has 1 saturated heterocycles. The predicted octanol–water partition coefficient (Wildman–Crippen LogP) is 4.06. The molecule has 1 aromatic heterocycles. The summed E-state index contributed by atoms with van der Waals surface area (Å²) in [5.41, 5.74) is 1.32. The molecule has 1 atom stereocenters. The van der Waals surface area contributed by atoms with Crippen LogP contribution in [-0.4, -0.2) is 46.9 Å². The van der Waals surface area contributed by atoms with Crippen LogP contribution in [0.4, 0.5) is 10.5 Å². The summed E-state index contributed by atoms with van der Waals surface area (Å²) >= 11 is 6.00. The van der Waals surface area contributed by atoms with E-state index in [1.165, 1.54) is 6.07 Å². The molecule has 8 nitrogen and oxygen atoms in total. The molecule has 168 valence electrons. The fourth-order valence-corrected chi connectivity index (χ4v) is 4.94. The van der Waals surface area contributed by atoms with E-state index in [0.29, 0.717) is 23.9 Å². The van der Waals surface area contributed by atoms with Gasteiger partial charge in [-0.1, -0.05) is 35.9 Å². The van der Waals surface area contributed by atoms with E-state index >= 15 is 0 Å². The van der Waals surface area contributed by atoms with E-state index in [0.717, 1.165) is 30.5 Å². The van der Waals surface area contributed by atoms with Crippen molar-refractivity contribution < 1.29 is 13.2 Å². The Labute approximate surface area is 192 Å². The Morgan fingerprint density at radius 2 is 1.88 bits per heavy atom. The molecule has 2 aromatic carbocycles. The first-order chi connectivity index (χ1) is 15.2. The molecule has 10 heteroatoms. The number of hydrogen-bond donors (Lipinski definition) is 1. The SMILES string of the molecule is Cc1nnc([C@H]2CCCN2C(=O)Nc2ccccc2S(C)(=O)=O)n1Cc1ccc(Cl)cc1. The second-order valence-electron chi connectivity index (χ2n) is 7.87. The van der Waals surface area contributed by atoms with Crippen LogP contribution in [0.3, 0.4) is 0 Å². The molecule has 4 rings (SSSR count). The van der Waals surface area contributed by atoms with Gasteiger partial charge >= 0.3 is 6.03 Å². The van der Waals surface area contributed by atoms with E-state index in [1.54, 1.807) is 23.1 Å². The maximum absolute atomic E-state index is 13.1. The molecule has 0 radical (unpaired) electrons. The Bertz CT molecular complexity index is 1240. The van der Waals surface area contributed by atoms with E-state index in [2.05, 4.69) is 15.5 Å². The Balaban J connectivity index is 1.59. The van der Waals surface area contributed by atoms with E-state index in [9.17, 15) is 13.2 Å². The Morgan fingerprint density at radius 1 is 1.16 bits per heavy atom. The molecule has 1 aliphatic rings. The third kappa shape index (κ3) is 4.63. The Kier molecular flexibility index (Phi) is 6.21. The molecule has 0 aliphatic carbocycles. The van der Waals surface area contributed by atoms with Gasteiger partial charge in [-0.15, -0.1) is 10.2 Å². The van der Waals surface area contributed by atoms with Crippen molar-refractivity contribution in [3.63, 3.8) is 0 Å². The first-order valence-corrected chi connectivity index (χ1v) is 12.5. The summed E-state index contributed by atoms with van der Waals surface area (Å²) in [7, 11) is -3.48. The summed E-state index contributed by atoms with van der Waals surface area (Å²) in [6.45, 7) is 2.99. The highest BCUT2D eigenvalue weighted by atomic mass is 35.5. The van der Waals surface area contributed by atoms with Gasteiger partial charge in [-0.2, -0.15) is 0 Å². The molecule has 1 N–H and O–H groups in total. The molecule has 1 fully saturated rings. The molecule has 3 aromatic rings. The number of benzene rings is 2. The van der Waals surface area contributed by atoms with E-state index < -0.39 is 9.84 Å². The fourth-order valence-electron chi connectivity index (χ4n) is 3.97. The predicted molar refractivity (Wildman–Crippen MR) is 123 cm³/mol. The number of nitrogens with zero attached hydrogens (tertiary/aromatic N) is 4.